The number of benzene rings is 1. The Morgan fingerprint density at radius 2 is 2.32 bits per heavy atom. The highest BCUT2D eigenvalue weighted by molar-refractivity contribution is 7.98. The minimum atomic E-state index is 0.309. The van der Waals surface area contributed by atoms with Crippen molar-refractivity contribution in [3.8, 4) is 11.5 Å². The van der Waals surface area contributed by atoms with Gasteiger partial charge >= 0.3 is 0 Å². The van der Waals surface area contributed by atoms with Gasteiger partial charge in [0.15, 0.2) is 0 Å². The lowest BCUT2D eigenvalue weighted by Gasteiger charge is -2.32. The van der Waals surface area contributed by atoms with E-state index in [1.807, 2.05) is 30.9 Å². The van der Waals surface area contributed by atoms with Crippen LogP contribution in [0.3, 0.4) is 0 Å². The highest BCUT2D eigenvalue weighted by Gasteiger charge is 2.27. The molecule has 0 aromatic heterocycles. The molecule has 0 fully saturated rings. The lowest BCUT2D eigenvalue weighted by molar-refractivity contribution is 0.142. The van der Waals surface area contributed by atoms with E-state index >= 15 is 0 Å². The third kappa shape index (κ3) is 3.57. The second kappa shape index (κ2) is 7.06. The van der Waals surface area contributed by atoms with Crippen molar-refractivity contribution in [1.29, 1.82) is 0 Å². The zero-order valence-corrected chi connectivity index (χ0v) is 12.8. The molecule has 0 saturated carbocycles. The van der Waals surface area contributed by atoms with Gasteiger partial charge in [-0.25, -0.2) is 0 Å². The smallest absolute Gasteiger partial charge is 0.128 e. The van der Waals surface area contributed by atoms with Gasteiger partial charge in [-0.2, -0.15) is 11.8 Å². The maximum absolute atomic E-state index is 6.12. The summed E-state index contributed by atoms with van der Waals surface area (Å²) < 4.78 is 11.4. The standard InChI is InChI=1S/C15H23NO2S/c1-16-14-9-12(5-4-8-19-3)18-15-10-11(17-2)6-7-13(14)15/h6-7,10,12,14,16H,4-5,8-9H2,1-3H3. The number of thioether (sulfide) groups is 1. The lowest BCUT2D eigenvalue weighted by Crippen LogP contribution is -2.31. The first-order valence-electron chi connectivity index (χ1n) is 6.79. The van der Waals surface area contributed by atoms with E-state index in [1.54, 1.807) is 7.11 Å². The van der Waals surface area contributed by atoms with Crippen molar-refractivity contribution in [2.24, 2.45) is 0 Å². The van der Waals surface area contributed by atoms with E-state index in [0.29, 0.717) is 12.1 Å². The maximum atomic E-state index is 6.12. The molecule has 1 N–H and O–H groups in total. The largest absolute Gasteiger partial charge is 0.497 e. The second-order valence-electron chi connectivity index (χ2n) is 4.86. The molecule has 1 aliphatic heterocycles. The molecule has 1 aromatic rings. The van der Waals surface area contributed by atoms with Crippen molar-refractivity contribution in [3.05, 3.63) is 23.8 Å². The third-order valence-electron chi connectivity index (χ3n) is 3.61. The van der Waals surface area contributed by atoms with Crippen molar-refractivity contribution in [3.63, 3.8) is 0 Å². The third-order valence-corrected chi connectivity index (χ3v) is 4.31. The molecule has 2 atom stereocenters. The van der Waals surface area contributed by atoms with Crippen molar-refractivity contribution in [2.45, 2.75) is 31.4 Å². The monoisotopic (exact) mass is 281 g/mol. The van der Waals surface area contributed by atoms with Crippen LogP contribution in [0, 0.1) is 0 Å². The summed E-state index contributed by atoms with van der Waals surface area (Å²) in [5.74, 6) is 3.03. The molecule has 4 heteroatoms. The molecule has 1 aromatic carbocycles. The minimum absolute atomic E-state index is 0.309. The van der Waals surface area contributed by atoms with Gasteiger partial charge in [-0.15, -0.1) is 0 Å². The van der Waals surface area contributed by atoms with Gasteiger partial charge in [0.05, 0.1) is 7.11 Å². The van der Waals surface area contributed by atoms with Gasteiger partial charge in [-0.05, 0) is 38.0 Å². The van der Waals surface area contributed by atoms with Crippen LogP contribution in [-0.4, -0.2) is 32.3 Å². The molecular weight excluding hydrogens is 258 g/mol. The number of rotatable bonds is 6. The Balaban J connectivity index is 2.10. The van der Waals surface area contributed by atoms with Gasteiger partial charge in [0.25, 0.3) is 0 Å². The average Bonchev–Trinajstić information content (AvgIpc) is 2.46. The Labute approximate surface area is 120 Å². The summed E-state index contributed by atoms with van der Waals surface area (Å²) in [6.45, 7) is 0. The first kappa shape index (κ1) is 14.5. The van der Waals surface area contributed by atoms with Crippen LogP contribution < -0.4 is 14.8 Å². The molecular formula is C15H23NO2S. The summed E-state index contributed by atoms with van der Waals surface area (Å²) in [5, 5.41) is 3.39. The van der Waals surface area contributed by atoms with Gasteiger partial charge < -0.3 is 14.8 Å². The molecule has 3 nitrogen and oxygen atoms in total. The quantitative estimate of drug-likeness (QED) is 0.811. The van der Waals surface area contributed by atoms with E-state index in [1.165, 1.54) is 17.7 Å². The van der Waals surface area contributed by atoms with Crippen molar-refractivity contribution in [1.82, 2.24) is 5.32 Å². The first-order valence-corrected chi connectivity index (χ1v) is 8.18. The van der Waals surface area contributed by atoms with Crippen LogP contribution in [0.2, 0.25) is 0 Å². The Morgan fingerprint density at radius 1 is 1.47 bits per heavy atom. The van der Waals surface area contributed by atoms with Crippen LogP contribution >= 0.6 is 11.8 Å². The van der Waals surface area contributed by atoms with E-state index in [9.17, 15) is 0 Å². The Bertz CT molecular complexity index is 411. The molecule has 2 rings (SSSR count). The number of ether oxygens (including phenoxy) is 2. The van der Waals surface area contributed by atoms with Gasteiger partial charge in [0, 0.05) is 24.1 Å². The predicted molar refractivity (Wildman–Crippen MR) is 81.4 cm³/mol. The zero-order chi connectivity index (χ0) is 13.7. The predicted octanol–water partition coefficient (Wildman–Crippen LogP) is 3.25. The number of nitrogens with one attached hydrogen (secondary N) is 1. The number of hydrogen-bond donors (Lipinski definition) is 1. The van der Waals surface area contributed by atoms with Crippen molar-refractivity contribution in [2.75, 3.05) is 26.2 Å². The molecule has 0 saturated heterocycles. The first-order chi connectivity index (χ1) is 9.28. The van der Waals surface area contributed by atoms with Gasteiger partial charge in [-0.1, -0.05) is 6.07 Å². The van der Waals surface area contributed by atoms with Crippen LogP contribution in [0.4, 0.5) is 0 Å². The van der Waals surface area contributed by atoms with Crippen LogP contribution in [0.25, 0.3) is 0 Å². The summed E-state index contributed by atoms with van der Waals surface area (Å²) in [4.78, 5) is 0. The molecule has 2 unspecified atom stereocenters. The number of methoxy groups -OCH3 is 1. The molecule has 0 bridgehead atoms. The molecule has 1 aliphatic rings. The molecule has 1 heterocycles. The molecule has 0 radical (unpaired) electrons. The van der Waals surface area contributed by atoms with E-state index in [-0.39, 0.29) is 0 Å². The van der Waals surface area contributed by atoms with Crippen molar-refractivity contribution < 1.29 is 9.47 Å². The SMILES string of the molecule is CNC1CC(CCCSC)Oc2cc(OC)ccc21. The zero-order valence-electron chi connectivity index (χ0n) is 11.9. The maximum Gasteiger partial charge on any atom is 0.128 e. The Kier molecular flexibility index (Phi) is 5.40. The van der Waals surface area contributed by atoms with Crippen molar-refractivity contribution >= 4 is 11.8 Å². The fourth-order valence-electron chi connectivity index (χ4n) is 2.55. The molecule has 0 amide bonds. The van der Waals surface area contributed by atoms with Gasteiger partial charge in [-0.3, -0.25) is 0 Å². The Hall–Kier alpha value is -0.870. The summed E-state index contributed by atoms with van der Waals surface area (Å²) in [5.41, 5.74) is 1.24. The highest BCUT2D eigenvalue weighted by Crippen LogP contribution is 2.38. The summed E-state index contributed by atoms with van der Waals surface area (Å²) in [7, 11) is 3.71. The fourth-order valence-corrected chi connectivity index (χ4v) is 3.01. The van der Waals surface area contributed by atoms with Gasteiger partial charge in [0.1, 0.15) is 17.6 Å². The molecule has 0 spiro atoms. The normalized spacial score (nSPS) is 21.6. The fraction of sp³-hybridized carbons (Fsp3) is 0.600. The van der Waals surface area contributed by atoms with E-state index in [4.69, 9.17) is 9.47 Å². The summed E-state index contributed by atoms with van der Waals surface area (Å²) in [6, 6.07) is 6.49. The Morgan fingerprint density at radius 3 is 3.00 bits per heavy atom. The van der Waals surface area contributed by atoms with Crippen LogP contribution in [0.5, 0.6) is 11.5 Å². The number of fused-ring (bicyclic) bond motifs is 1. The minimum Gasteiger partial charge on any atom is -0.497 e. The van der Waals surface area contributed by atoms with Gasteiger partial charge in [0.2, 0.25) is 0 Å². The van der Waals surface area contributed by atoms with E-state index < -0.39 is 0 Å². The topological polar surface area (TPSA) is 30.5 Å². The summed E-state index contributed by atoms with van der Waals surface area (Å²) in [6.07, 6.45) is 5.84. The second-order valence-corrected chi connectivity index (χ2v) is 5.84. The molecule has 0 aliphatic carbocycles. The lowest BCUT2D eigenvalue weighted by atomic mass is 9.94. The molecule has 19 heavy (non-hydrogen) atoms. The van der Waals surface area contributed by atoms with Crippen LogP contribution in [-0.2, 0) is 0 Å². The number of hydrogen-bond acceptors (Lipinski definition) is 4. The van der Waals surface area contributed by atoms with E-state index in [2.05, 4.69) is 17.6 Å². The average molecular weight is 281 g/mol. The van der Waals surface area contributed by atoms with E-state index in [0.717, 1.165) is 24.3 Å². The molecule has 106 valence electrons. The summed E-state index contributed by atoms with van der Waals surface area (Å²) >= 11 is 1.90. The highest BCUT2D eigenvalue weighted by atomic mass is 32.2. The van der Waals surface area contributed by atoms with Crippen LogP contribution in [0.1, 0.15) is 30.9 Å². The van der Waals surface area contributed by atoms with Crippen LogP contribution in [0.15, 0.2) is 18.2 Å².